The van der Waals surface area contributed by atoms with Crippen molar-refractivity contribution in [3.63, 3.8) is 0 Å². The highest BCUT2D eigenvalue weighted by Crippen LogP contribution is 2.14. The summed E-state index contributed by atoms with van der Waals surface area (Å²) in [4.78, 5) is 25.5. The molecule has 8 heteroatoms. The van der Waals surface area contributed by atoms with Crippen molar-refractivity contribution < 1.29 is 4.79 Å². The van der Waals surface area contributed by atoms with Gasteiger partial charge in [0.1, 0.15) is 11.8 Å². The van der Waals surface area contributed by atoms with Crippen molar-refractivity contribution >= 4 is 22.9 Å². The normalized spacial score (nSPS) is 10.4. The summed E-state index contributed by atoms with van der Waals surface area (Å²) >= 11 is 0. The Labute approximate surface area is 115 Å². The molecule has 0 aliphatic rings. The zero-order valence-electron chi connectivity index (χ0n) is 11.2. The molecule has 0 saturated carbocycles. The summed E-state index contributed by atoms with van der Waals surface area (Å²) in [5.74, 6) is 0.301. The summed E-state index contributed by atoms with van der Waals surface area (Å²) in [5, 5.41) is 8.50. The number of amides is 1. The lowest BCUT2D eigenvalue weighted by Gasteiger charge is -2.15. The predicted octanol–water partition coefficient (Wildman–Crippen LogP) is 0.171. The molecule has 0 radical (unpaired) electrons. The van der Waals surface area contributed by atoms with E-state index in [0.29, 0.717) is 42.9 Å². The number of carbonyl (C=O) groups is 1. The van der Waals surface area contributed by atoms with Gasteiger partial charge in [0.2, 0.25) is 5.91 Å². The van der Waals surface area contributed by atoms with Crippen molar-refractivity contribution in [2.75, 3.05) is 19.3 Å². The minimum atomic E-state index is -0.0240. The van der Waals surface area contributed by atoms with Gasteiger partial charge in [0.05, 0.1) is 18.8 Å². The van der Waals surface area contributed by atoms with Gasteiger partial charge < -0.3 is 15.2 Å². The van der Waals surface area contributed by atoms with Crippen LogP contribution >= 0.6 is 0 Å². The molecule has 0 saturated heterocycles. The topological polar surface area (TPSA) is 114 Å². The number of nitriles is 1. The van der Waals surface area contributed by atoms with Gasteiger partial charge in [0, 0.05) is 26.6 Å². The van der Waals surface area contributed by atoms with Gasteiger partial charge >= 0.3 is 0 Å². The quantitative estimate of drug-likeness (QED) is 0.830. The van der Waals surface area contributed by atoms with Crippen LogP contribution in [0.25, 0.3) is 11.2 Å². The highest BCUT2D eigenvalue weighted by molar-refractivity contribution is 5.81. The fourth-order valence-corrected chi connectivity index (χ4v) is 1.81. The molecule has 0 unspecified atom stereocenters. The number of hydrogen-bond acceptors (Lipinski definition) is 6. The van der Waals surface area contributed by atoms with Crippen LogP contribution in [-0.2, 0) is 11.3 Å². The SMILES string of the molecule is CN(CCC#N)C(=O)CCn1cnc2c(N)ncnc21. The maximum Gasteiger partial charge on any atom is 0.224 e. The van der Waals surface area contributed by atoms with Crippen LogP contribution in [0.4, 0.5) is 5.82 Å². The lowest BCUT2D eigenvalue weighted by Crippen LogP contribution is -2.28. The summed E-state index contributed by atoms with van der Waals surface area (Å²) in [6, 6.07) is 2.01. The molecular formula is C12H15N7O. The molecule has 0 spiro atoms. The van der Waals surface area contributed by atoms with E-state index in [1.54, 1.807) is 22.8 Å². The number of nitrogens with zero attached hydrogens (tertiary/aromatic N) is 6. The van der Waals surface area contributed by atoms with Crippen molar-refractivity contribution in [1.82, 2.24) is 24.4 Å². The van der Waals surface area contributed by atoms with Crippen LogP contribution in [0.1, 0.15) is 12.8 Å². The first kappa shape index (κ1) is 13.7. The van der Waals surface area contributed by atoms with Crippen LogP contribution < -0.4 is 5.73 Å². The average Bonchev–Trinajstić information content (AvgIpc) is 2.86. The number of aryl methyl sites for hydroxylation is 1. The number of nitrogen functional groups attached to an aromatic ring is 1. The average molecular weight is 273 g/mol. The molecule has 0 aliphatic heterocycles. The minimum Gasteiger partial charge on any atom is -0.382 e. The van der Waals surface area contributed by atoms with Gasteiger partial charge in [-0.3, -0.25) is 4.79 Å². The Kier molecular flexibility index (Phi) is 4.10. The molecule has 0 aliphatic carbocycles. The van der Waals surface area contributed by atoms with Crippen LogP contribution in [0.3, 0.4) is 0 Å². The molecule has 0 fully saturated rings. The van der Waals surface area contributed by atoms with E-state index in [1.165, 1.54) is 6.33 Å². The Morgan fingerprint density at radius 1 is 1.50 bits per heavy atom. The van der Waals surface area contributed by atoms with Gasteiger partial charge in [0.25, 0.3) is 0 Å². The summed E-state index contributed by atoms with van der Waals surface area (Å²) < 4.78 is 1.77. The number of fused-ring (bicyclic) bond motifs is 1. The first-order valence-corrected chi connectivity index (χ1v) is 6.15. The van der Waals surface area contributed by atoms with E-state index in [2.05, 4.69) is 15.0 Å². The Morgan fingerprint density at radius 3 is 3.05 bits per heavy atom. The van der Waals surface area contributed by atoms with Crippen LogP contribution in [0, 0.1) is 11.3 Å². The maximum absolute atomic E-state index is 11.9. The molecule has 0 bridgehead atoms. The van der Waals surface area contributed by atoms with Crippen molar-refractivity contribution in [1.29, 1.82) is 5.26 Å². The van der Waals surface area contributed by atoms with Crippen LogP contribution in [0.5, 0.6) is 0 Å². The number of hydrogen-bond donors (Lipinski definition) is 1. The van der Waals surface area contributed by atoms with Gasteiger partial charge in [-0.05, 0) is 0 Å². The smallest absolute Gasteiger partial charge is 0.224 e. The van der Waals surface area contributed by atoms with Crippen molar-refractivity contribution in [2.45, 2.75) is 19.4 Å². The zero-order valence-corrected chi connectivity index (χ0v) is 11.2. The molecule has 104 valence electrons. The number of imidazole rings is 1. The molecule has 1 amide bonds. The monoisotopic (exact) mass is 273 g/mol. The molecule has 2 heterocycles. The second-order valence-electron chi connectivity index (χ2n) is 4.34. The molecule has 0 aromatic carbocycles. The molecule has 0 atom stereocenters. The fraction of sp³-hybridized carbons (Fsp3) is 0.417. The van der Waals surface area contributed by atoms with E-state index >= 15 is 0 Å². The van der Waals surface area contributed by atoms with E-state index < -0.39 is 0 Å². The second-order valence-corrected chi connectivity index (χ2v) is 4.34. The van der Waals surface area contributed by atoms with Gasteiger partial charge in [-0.2, -0.15) is 5.26 Å². The molecule has 2 aromatic rings. The first-order valence-electron chi connectivity index (χ1n) is 6.15. The molecule has 8 nitrogen and oxygen atoms in total. The third-order valence-electron chi connectivity index (χ3n) is 2.98. The van der Waals surface area contributed by atoms with E-state index in [-0.39, 0.29) is 5.91 Å². The lowest BCUT2D eigenvalue weighted by molar-refractivity contribution is -0.130. The Hall–Kier alpha value is -2.69. The minimum absolute atomic E-state index is 0.0240. The molecule has 2 aromatic heterocycles. The molecular weight excluding hydrogens is 258 g/mol. The number of rotatable bonds is 5. The van der Waals surface area contributed by atoms with Gasteiger partial charge in [-0.25, -0.2) is 15.0 Å². The largest absolute Gasteiger partial charge is 0.382 e. The Balaban J connectivity index is 2.01. The van der Waals surface area contributed by atoms with Crippen LogP contribution in [-0.4, -0.2) is 43.9 Å². The second kappa shape index (κ2) is 5.97. The lowest BCUT2D eigenvalue weighted by atomic mass is 10.3. The standard InChI is InChI=1S/C12H15N7O/c1-18(5-2-4-13)9(20)3-6-19-8-17-10-11(14)15-7-16-12(10)19/h7-8H,2-3,5-6H2,1H3,(H2,14,15,16). The Morgan fingerprint density at radius 2 is 2.30 bits per heavy atom. The number of carbonyl (C=O) groups excluding carboxylic acids is 1. The molecule has 2 rings (SSSR count). The Bertz CT molecular complexity index is 657. The number of aromatic nitrogens is 4. The van der Waals surface area contributed by atoms with Crippen molar-refractivity contribution in [3.05, 3.63) is 12.7 Å². The first-order chi connectivity index (χ1) is 9.63. The predicted molar refractivity (Wildman–Crippen MR) is 72.2 cm³/mol. The van der Waals surface area contributed by atoms with Crippen LogP contribution in [0.15, 0.2) is 12.7 Å². The number of anilines is 1. The van der Waals surface area contributed by atoms with Gasteiger partial charge in [0.15, 0.2) is 11.5 Å². The van der Waals surface area contributed by atoms with Crippen LogP contribution in [0.2, 0.25) is 0 Å². The summed E-state index contributed by atoms with van der Waals surface area (Å²) in [5.41, 5.74) is 6.85. The van der Waals surface area contributed by atoms with Crippen molar-refractivity contribution in [2.24, 2.45) is 0 Å². The third kappa shape index (κ3) is 2.83. The third-order valence-corrected chi connectivity index (χ3v) is 2.98. The van der Waals surface area contributed by atoms with Gasteiger partial charge in [-0.1, -0.05) is 0 Å². The van der Waals surface area contributed by atoms with Gasteiger partial charge in [-0.15, -0.1) is 0 Å². The van der Waals surface area contributed by atoms with Crippen molar-refractivity contribution in [3.8, 4) is 6.07 Å². The summed E-state index contributed by atoms with van der Waals surface area (Å²) in [6.07, 6.45) is 3.62. The van der Waals surface area contributed by atoms with E-state index in [0.717, 1.165) is 0 Å². The zero-order chi connectivity index (χ0) is 14.5. The molecule has 2 N–H and O–H groups in total. The fourth-order valence-electron chi connectivity index (χ4n) is 1.81. The van der Waals surface area contributed by atoms with E-state index in [9.17, 15) is 4.79 Å². The number of nitrogens with two attached hydrogens (primary N) is 1. The van der Waals surface area contributed by atoms with E-state index in [4.69, 9.17) is 11.0 Å². The highest BCUT2D eigenvalue weighted by Gasteiger charge is 2.11. The van der Waals surface area contributed by atoms with E-state index in [1.807, 2.05) is 6.07 Å². The highest BCUT2D eigenvalue weighted by atomic mass is 16.2. The molecule has 20 heavy (non-hydrogen) atoms. The maximum atomic E-state index is 11.9. The summed E-state index contributed by atoms with van der Waals surface area (Å²) in [7, 11) is 1.69. The summed E-state index contributed by atoms with van der Waals surface area (Å²) in [6.45, 7) is 0.901.